The molecule has 2 amide bonds. The number of piperidine rings is 1. The Labute approximate surface area is 154 Å². The second kappa shape index (κ2) is 9.13. The van der Waals surface area contributed by atoms with Gasteiger partial charge in [0, 0.05) is 44.4 Å². The lowest BCUT2D eigenvalue weighted by molar-refractivity contribution is -0.135. The molecular weight excluding hydrogens is 326 g/mol. The van der Waals surface area contributed by atoms with Crippen LogP contribution in [0.2, 0.25) is 0 Å². The predicted octanol–water partition coefficient (Wildman–Crippen LogP) is 2.57. The average molecular weight is 351 g/mol. The molecule has 0 spiro atoms. The molecular formula is C21H25N3O2. The minimum absolute atomic E-state index is 0.00940. The third-order valence-corrected chi connectivity index (χ3v) is 4.88. The van der Waals surface area contributed by atoms with Crippen molar-refractivity contribution in [2.75, 3.05) is 13.1 Å². The van der Waals surface area contributed by atoms with Crippen LogP contribution in [0.1, 0.15) is 30.4 Å². The maximum Gasteiger partial charge on any atom is 0.223 e. The van der Waals surface area contributed by atoms with Gasteiger partial charge in [-0.15, -0.1) is 0 Å². The number of aryl methyl sites for hydroxylation is 1. The van der Waals surface area contributed by atoms with E-state index in [1.165, 1.54) is 5.56 Å². The molecule has 1 saturated heterocycles. The molecule has 1 N–H and O–H groups in total. The fourth-order valence-electron chi connectivity index (χ4n) is 3.28. The number of nitrogens with one attached hydrogen (secondary N) is 1. The Bertz CT molecular complexity index is 647. The Kier molecular flexibility index (Phi) is 6.36. The van der Waals surface area contributed by atoms with Crippen LogP contribution in [-0.2, 0) is 22.6 Å². The van der Waals surface area contributed by atoms with Crippen LogP contribution >= 0.6 is 0 Å². The second-order valence-electron chi connectivity index (χ2n) is 6.72. The summed E-state index contributed by atoms with van der Waals surface area (Å²) in [6, 6.07) is 13.9. The highest BCUT2D eigenvalue weighted by atomic mass is 16.2. The Morgan fingerprint density at radius 2 is 1.77 bits per heavy atom. The summed E-state index contributed by atoms with van der Waals surface area (Å²) in [6.45, 7) is 1.83. The molecule has 1 aromatic carbocycles. The van der Waals surface area contributed by atoms with Crippen LogP contribution in [0, 0.1) is 5.92 Å². The highest BCUT2D eigenvalue weighted by Crippen LogP contribution is 2.18. The first kappa shape index (κ1) is 18.1. The lowest BCUT2D eigenvalue weighted by atomic mass is 9.95. The molecule has 5 nitrogen and oxygen atoms in total. The number of hydrogen-bond acceptors (Lipinski definition) is 3. The van der Waals surface area contributed by atoms with Crippen LogP contribution < -0.4 is 5.32 Å². The number of rotatable bonds is 6. The smallest absolute Gasteiger partial charge is 0.223 e. The standard InChI is InChI=1S/C21H25N3O2/c25-20(9-8-17-5-2-1-3-6-17)24-13-10-19(11-14-24)21(26)23-16-18-7-4-12-22-15-18/h1-7,12,15,19H,8-11,13-14,16H2,(H,23,26). The number of likely N-dealkylation sites (tertiary alicyclic amines) is 1. The van der Waals surface area contributed by atoms with Crippen LogP contribution in [0.15, 0.2) is 54.9 Å². The first-order valence-electron chi connectivity index (χ1n) is 9.20. The van der Waals surface area contributed by atoms with E-state index in [1.807, 2.05) is 47.4 Å². The summed E-state index contributed by atoms with van der Waals surface area (Å²) in [4.78, 5) is 30.6. The molecule has 2 heterocycles. The van der Waals surface area contributed by atoms with Gasteiger partial charge >= 0.3 is 0 Å². The molecule has 2 aromatic rings. The number of amides is 2. The summed E-state index contributed by atoms with van der Waals surface area (Å²) in [5.41, 5.74) is 2.18. The maximum absolute atomic E-state index is 12.4. The van der Waals surface area contributed by atoms with Gasteiger partial charge in [0.1, 0.15) is 0 Å². The van der Waals surface area contributed by atoms with Gasteiger partial charge in [0.15, 0.2) is 0 Å². The summed E-state index contributed by atoms with van der Waals surface area (Å²) in [5.74, 6) is 0.248. The molecule has 3 rings (SSSR count). The molecule has 0 aliphatic carbocycles. The second-order valence-corrected chi connectivity index (χ2v) is 6.72. The van der Waals surface area contributed by atoms with E-state index in [1.54, 1.807) is 12.4 Å². The number of nitrogens with zero attached hydrogens (tertiary/aromatic N) is 2. The van der Waals surface area contributed by atoms with Crippen LogP contribution in [0.4, 0.5) is 0 Å². The number of hydrogen-bond donors (Lipinski definition) is 1. The fraction of sp³-hybridized carbons (Fsp3) is 0.381. The monoisotopic (exact) mass is 351 g/mol. The van der Waals surface area contributed by atoms with Gasteiger partial charge in [-0.25, -0.2) is 0 Å². The normalized spacial score (nSPS) is 14.8. The third kappa shape index (κ3) is 5.15. The van der Waals surface area contributed by atoms with E-state index < -0.39 is 0 Å². The SMILES string of the molecule is O=C(NCc1cccnc1)C1CCN(C(=O)CCc2ccccc2)CC1. The number of carbonyl (C=O) groups is 2. The Morgan fingerprint density at radius 1 is 1.04 bits per heavy atom. The first-order valence-corrected chi connectivity index (χ1v) is 9.20. The van der Waals surface area contributed by atoms with E-state index in [9.17, 15) is 9.59 Å². The van der Waals surface area contributed by atoms with Crippen molar-refractivity contribution in [1.82, 2.24) is 15.2 Å². The summed E-state index contributed by atoms with van der Waals surface area (Å²) in [7, 11) is 0. The topological polar surface area (TPSA) is 62.3 Å². The van der Waals surface area contributed by atoms with E-state index in [2.05, 4.69) is 10.3 Å². The van der Waals surface area contributed by atoms with E-state index in [0.29, 0.717) is 26.1 Å². The molecule has 5 heteroatoms. The molecule has 1 aromatic heterocycles. The van der Waals surface area contributed by atoms with Gasteiger partial charge < -0.3 is 10.2 Å². The van der Waals surface area contributed by atoms with Crippen molar-refractivity contribution in [3.8, 4) is 0 Å². The van der Waals surface area contributed by atoms with Gasteiger partial charge in [-0.1, -0.05) is 36.4 Å². The Hall–Kier alpha value is -2.69. The predicted molar refractivity (Wildman–Crippen MR) is 100 cm³/mol. The van der Waals surface area contributed by atoms with Gasteiger partial charge in [-0.2, -0.15) is 0 Å². The van der Waals surface area contributed by atoms with Crippen LogP contribution in [0.25, 0.3) is 0 Å². The van der Waals surface area contributed by atoms with Crippen LogP contribution in [0.3, 0.4) is 0 Å². The first-order chi connectivity index (χ1) is 12.7. The summed E-state index contributed by atoms with van der Waals surface area (Å²) >= 11 is 0. The van der Waals surface area contributed by atoms with Crippen molar-refractivity contribution >= 4 is 11.8 Å². The summed E-state index contributed by atoms with van der Waals surface area (Å²) in [6.07, 6.45) is 6.24. The van der Waals surface area contributed by atoms with Gasteiger partial charge in [0.05, 0.1) is 0 Å². The quantitative estimate of drug-likeness (QED) is 0.870. The van der Waals surface area contributed by atoms with E-state index in [0.717, 1.165) is 24.8 Å². The largest absolute Gasteiger partial charge is 0.352 e. The van der Waals surface area contributed by atoms with Crippen molar-refractivity contribution in [2.24, 2.45) is 5.92 Å². The molecule has 0 radical (unpaired) electrons. The summed E-state index contributed by atoms with van der Waals surface area (Å²) in [5, 5.41) is 2.98. The number of aromatic nitrogens is 1. The summed E-state index contributed by atoms with van der Waals surface area (Å²) < 4.78 is 0. The van der Waals surface area contributed by atoms with Crippen molar-refractivity contribution in [3.05, 3.63) is 66.0 Å². The van der Waals surface area contributed by atoms with Gasteiger partial charge in [0.2, 0.25) is 11.8 Å². The lowest BCUT2D eigenvalue weighted by Gasteiger charge is -2.31. The van der Waals surface area contributed by atoms with Gasteiger partial charge in [-0.05, 0) is 36.5 Å². The molecule has 0 unspecified atom stereocenters. The number of benzene rings is 1. The van der Waals surface area contributed by atoms with E-state index in [-0.39, 0.29) is 17.7 Å². The zero-order valence-corrected chi connectivity index (χ0v) is 14.9. The molecule has 0 atom stereocenters. The van der Waals surface area contributed by atoms with Crippen molar-refractivity contribution in [3.63, 3.8) is 0 Å². The fourth-order valence-corrected chi connectivity index (χ4v) is 3.28. The van der Waals surface area contributed by atoms with Crippen LogP contribution in [0.5, 0.6) is 0 Å². The van der Waals surface area contributed by atoms with Crippen LogP contribution in [-0.4, -0.2) is 34.8 Å². The molecule has 1 fully saturated rings. The van der Waals surface area contributed by atoms with Gasteiger partial charge in [0.25, 0.3) is 0 Å². The highest BCUT2D eigenvalue weighted by Gasteiger charge is 2.26. The van der Waals surface area contributed by atoms with Crippen molar-refractivity contribution in [2.45, 2.75) is 32.2 Å². The Morgan fingerprint density at radius 3 is 2.46 bits per heavy atom. The van der Waals surface area contributed by atoms with Crippen molar-refractivity contribution < 1.29 is 9.59 Å². The zero-order chi connectivity index (χ0) is 18.2. The van der Waals surface area contributed by atoms with Gasteiger partial charge in [-0.3, -0.25) is 14.6 Å². The molecule has 1 aliphatic heterocycles. The molecule has 136 valence electrons. The number of carbonyl (C=O) groups excluding carboxylic acids is 2. The average Bonchev–Trinajstić information content (AvgIpc) is 2.72. The van der Waals surface area contributed by atoms with E-state index in [4.69, 9.17) is 0 Å². The highest BCUT2D eigenvalue weighted by molar-refractivity contribution is 5.80. The molecule has 0 saturated carbocycles. The Balaban J connectivity index is 1.39. The molecule has 26 heavy (non-hydrogen) atoms. The minimum atomic E-state index is -0.00940. The zero-order valence-electron chi connectivity index (χ0n) is 14.9. The lowest BCUT2D eigenvalue weighted by Crippen LogP contribution is -2.43. The molecule has 1 aliphatic rings. The molecule has 0 bridgehead atoms. The van der Waals surface area contributed by atoms with E-state index >= 15 is 0 Å². The third-order valence-electron chi connectivity index (χ3n) is 4.88. The minimum Gasteiger partial charge on any atom is -0.352 e. The maximum atomic E-state index is 12.4. The van der Waals surface area contributed by atoms with Crippen molar-refractivity contribution in [1.29, 1.82) is 0 Å². The number of pyridine rings is 1.